The van der Waals surface area contributed by atoms with Gasteiger partial charge in [0.15, 0.2) is 0 Å². The number of aliphatic hydroxyl groups is 2. The van der Waals surface area contributed by atoms with Gasteiger partial charge >= 0.3 is 0 Å². The van der Waals surface area contributed by atoms with Crippen molar-refractivity contribution in [2.75, 3.05) is 0 Å². The second-order valence-corrected chi connectivity index (χ2v) is 9.11. The molecule has 0 bridgehead atoms. The summed E-state index contributed by atoms with van der Waals surface area (Å²) >= 11 is 0. The van der Waals surface area contributed by atoms with Gasteiger partial charge < -0.3 is 10.2 Å². The molecule has 2 nitrogen and oxygen atoms in total. The SMILES string of the molecule is C[C@]12CCCC[C@@H]1CC[C@@H]1[C@@H]2C[C@@H](O)[C@]2(C)[C@@H](O)CC[C@@H]12. The van der Waals surface area contributed by atoms with Gasteiger partial charge in [0.25, 0.3) is 0 Å². The third-order valence-electron chi connectivity index (χ3n) is 8.64. The Balaban J connectivity index is 1.69. The zero-order valence-electron chi connectivity index (χ0n) is 13.7. The number of hydrogen-bond donors (Lipinski definition) is 2. The molecule has 2 heteroatoms. The van der Waals surface area contributed by atoms with E-state index in [-0.39, 0.29) is 17.6 Å². The molecular weight excluding hydrogens is 260 g/mol. The van der Waals surface area contributed by atoms with Crippen molar-refractivity contribution < 1.29 is 10.2 Å². The van der Waals surface area contributed by atoms with Crippen molar-refractivity contribution in [3.63, 3.8) is 0 Å². The lowest BCUT2D eigenvalue weighted by Crippen LogP contribution is -2.58. The predicted octanol–water partition coefficient (Wildman–Crippen LogP) is 3.75. The molecule has 21 heavy (non-hydrogen) atoms. The van der Waals surface area contributed by atoms with Crippen molar-refractivity contribution in [3.05, 3.63) is 0 Å². The summed E-state index contributed by atoms with van der Waals surface area (Å²) in [7, 11) is 0. The summed E-state index contributed by atoms with van der Waals surface area (Å²) in [6, 6.07) is 0. The molecule has 4 fully saturated rings. The maximum atomic E-state index is 10.9. The molecule has 0 radical (unpaired) electrons. The van der Waals surface area contributed by atoms with Crippen molar-refractivity contribution in [2.24, 2.45) is 34.5 Å². The van der Waals surface area contributed by atoms with Crippen LogP contribution >= 0.6 is 0 Å². The van der Waals surface area contributed by atoms with Crippen LogP contribution < -0.4 is 0 Å². The van der Waals surface area contributed by atoms with Crippen LogP contribution in [0.1, 0.15) is 71.6 Å². The Morgan fingerprint density at radius 2 is 1.62 bits per heavy atom. The minimum atomic E-state index is -0.293. The van der Waals surface area contributed by atoms with Gasteiger partial charge in [0, 0.05) is 5.41 Å². The van der Waals surface area contributed by atoms with Gasteiger partial charge in [-0.15, -0.1) is 0 Å². The first kappa shape index (κ1) is 14.5. The van der Waals surface area contributed by atoms with Crippen LogP contribution in [-0.4, -0.2) is 22.4 Å². The van der Waals surface area contributed by atoms with Crippen LogP contribution in [0, 0.1) is 34.5 Å². The van der Waals surface area contributed by atoms with E-state index in [1.165, 1.54) is 38.5 Å². The van der Waals surface area contributed by atoms with Gasteiger partial charge in [-0.1, -0.05) is 26.7 Å². The first-order valence-electron chi connectivity index (χ1n) is 9.34. The predicted molar refractivity (Wildman–Crippen MR) is 83.7 cm³/mol. The fraction of sp³-hybridized carbons (Fsp3) is 1.00. The molecule has 8 atom stereocenters. The molecule has 0 spiro atoms. The molecule has 0 unspecified atom stereocenters. The van der Waals surface area contributed by atoms with E-state index in [0.717, 1.165) is 31.1 Å². The highest BCUT2D eigenvalue weighted by Crippen LogP contribution is 2.66. The highest BCUT2D eigenvalue weighted by molar-refractivity contribution is 5.11. The summed E-state index contributed by atoms with van der Waals surface area (Å²) in [4.78, 5) is 0. The van der Waals surface area contributed by atoms with Crippen molar-refractivity contribution in [3.8, 4) is 0 Å². The van der Waals surface area contributed by atoms with Crippen molar-refractivity contribution in [1.29, 1.82) is 0 Å². The van der Waals surface area contributed by atoms with Crippen LogP contribution in [0.2, 0.25) is 0 Å². The quantitative estimate of drug-likeness (QED) is 0.714. The van der Waals surface area contributed by atoms with Crippen molar-refractivity contribution in [2.45, 2.75) is 83.8 Å². The van der Waals surface area contributed by atoms with Crippen LogP contribution in [0.3, 0.4) is 0 Å². The summed E-state index contributed by atoms with van der Waals surface area (Å²) < 4.78 is 0. The molecule has 0 amide bonds. The van der Waals surface area contributed by atoms with E-state index in [0.29, 0.717) is 17.3 Å². The second kappa shape index (κ2) is 4.71. The smallest absolute Gasteiger partial charge is 0.0624 e. The van der Waals surface area contributed by atoms with E-state index in [2.05, 4.69) is 13.8 Å². The molecule has 4 aliphatic carbocycles. The van der Waals surface area contributed by atoms with E-state index < -0.39 is 0 Å². The van der Waals surface area contributed by atoms with Gasteiger partial charge in [-0.05, 0) is 74.0 Å². The van der Waals surface area contributed by atoms with E-state index >= 15 is 0 Å². The second-order valence-electron chi connectivity index (χ2n) is 9.11. The van der Waals surface area contributed by atoms with Gasteiger partial charge in [-0.25, -0.2) is 0 Å². The van der Waals surface area contributed by atoms with Crippen LogP contribution in [-0.2, 0) is 0 Å². The van der Waals surface area contributed by atoms with Gasteiger partial charge in [0.2, 0.25) is 0 Å². The monoisotopic (exact) mass is 292 g/mol. The number of fused-ring (bicyclic) bond motifs is 5. The van der Waals surface area contributed by atoms with Gasteiger partial charge in [0.1, 0.15) is 0 Å². The highest BCUT2D eigenvalue weighted by Gasteiger charge is 2.62. The Hall–Kier alpha value is -0.0800. The van der Waals surface area contributed by atoms with Crippen LogP contribution in [0.4, 0.5) is 0 Å². The Morgan fingerprint density at radius 3 is 2.43 bits per heavy atom. The third kappa shape index (κ3) is 1.78. The highest BCUT2D eigenvalue weighted by atomic mass is 16.3. The zero-order valence-corrected chi connectivity index (χ0v) is 13.7. The molecule has 0 saturated heterocycles. The first-order chi connectivity index (χ1) is 9.98. The maximum absolute atomic E-state index is 10.9. The summed E-state index contributed by atoms with van der Waals surface area (Å²) in [5, 5.41) is 21.4. The Morgan fingerprint density at radius 1 is 0.810 bits per heavy atom. The van der Waals surface area contributed by atoms with E-state index in [4.69, 9.17) is 0 Å². The van der Waals surface area contributed by atoms with Gasteiger partial charge in [-0.2, -0.15) is 0 Å². The van der Waals surface area contributed by atoms with E-state index in [1.807, 2.05) is 0 Å². The molecule has 0 heterocycles. The van der Waals surface area contributed by atoms with E-state index in [9.17, 15) is 10.2 Å². The molecule has 4 rings (SSSR count). The average Bonchev–Trinajstić information content (AvgIpc) is 2.77. The standard InChI is InChI=1S/C19H32O2/c1-18-10-4-3-5-12(18)6-7-13-14-8-9-16(20)19(14,2)17(21)11-15(13)18/h12-17,20-21H,3-11H2,1-2H3/t12-,13+,14+,15+,16+,17-,18+,19+/m1/s1. The number of aliphatic hydroxyl groups excluding tert-OH is 2. The average molecular weight is 292 g/mol. The Labute approximate surface area is 129 Å². The van der Waals surface area contributed by atoms with Crippen molar-refractivity contribution >= 4 is 0 Å². The molecule has 120 valence electrons. The van der Waals surface area contributed by atoms with Crippen molar-refractivity contribution in [1.82, 2.24) is 0 Å². The molecule has 0 aromatic carbocycles. The topological polar surface area (TPSA) is 40.5 Å². The minimum absolute atomic E-state index is 0.223. The number of hydrogen-bond acceptors (Lipinski definition) is 2. The summed E-state index contributed by atoms with van der Waals surface area (Å²) in [5.41, 5.74) is 0.246. The Bertz CT molecular complexity index is 422. The molecule has 2 N–H and O–H groups in total. The minimum Gasteiger partial charge on any atom is -0.392 e. The fourth-order valence-corrected chi connectivity index (χ4v) is 7.25. The molecule has 4 saturated carbocycles. The largest absolute Gasteiger partial charge is 0.392 e. The lowest BCUT2D eigenvalue weighted by molar-refractivity contribution is -0.174. The van der Waals surface area contributed by atoms with Gasteiger partial charge in [0.05, 0.1) is 12.2 Å². The van der Waals surface area contributed by atoms with Gasteiger partial charge in [-0.3, -0.25) is 0 Å². The van der Waals surface area contributed by atoms with Crippen LogP contribution in [0.15, 0.2) is 0 Å². The number of rotatable bonds is 0. The maximum Gasteiger partial charge on any atom is 0.0624 e. The fourth-order valence-electron chi connectivity index (χ4n) is 7.25. The molecule has 0 aromatic heterocycles. The summed E-state index contributed by atoms with van der Waals surface area (Å²) in [6.07, 6.45) is 10.8. The van der Waals surface area contributed by atoms with E-state index in [1.54, 1.807) is 0 Å². The zero-order chi connectivity index (χ0) is 14.8. The molecular formula is C19H32O2. The third-order valence-corrected chi connectivity index (χ3v) is 8.64. The first-order valence-corrected chi connectivity index (χ1v) is 9.34. The molecule has 0 aromatic rings. The summed E-state index contributed by atoms with van der Waals surface area (Å²) in [5.74, 6) is 2.92. The van der Waals surface area contributed by atoms with Crippen LogP contribution in [0.25, 0.3) is 0 Å². The normalized spacial score (nSPS) is 60.0. The van der Waals surface area contributed by atoms with Crippen LogP contribution in [0.5, 0.6) is 0 Å². The molecule has 4 aliphatic rings. The Kier molecular flexibility index (Phi) is 3.25. The lowest BCUT2D eigenvalue weighted by Gasteiger charge is -2.61. The summed E-state index contributed by atoms with van der Waals surface area (Å²) in [6.45, 7) is 4.71. The molecule has 0 aliphatic heterocycles. The lowest BCUT2D eigenvalue weighted by atomic mass is 9.44.